The molecule has 1 aromatic carbocycles. The molecule has 2 aliphatic heterocycles. The van der Waals surface area contributed by atoms with Crippen molar-refractivity contribution in [3.8, 4) is 5.75 Å². The number of aromatic carboxylic acids is 1. The lowest BCUT2D eigenvalue weighted by Crippen LogP contribution is -2.33. The molecule has 178 valence electrons. The maximum Gasteiger partial charge on any atom is 0.394 e. The number of hydrogen-bond acceptors (Lipinski definition) is 4. The van der Waals surface area contributed by atoms with Gasteiger partial charge in [0.05, 0.1) is 30.3 Å². The van der Waals surface area contributed by atoms with Crippen molar-refractivity contribution in [1.82, 2.24) is 0 Å². The summed E-state index contributed by atoms with van der Waals surface area (Å²) >= 11 is 0. The average Bonchev–Trinajstić information content (AvgIpc) is 2.96. The van der Waals surface area contributed by atoms with Crippen molar-refractivity contribution in [2.24, 2.45) is 17.8 Å². The van der Waals surface area contributed by atoms with Gasteiger partial charge in [-0.1, -0.05) is 38.5 Å². The molecule has 1 aromatic rings. The minimum absolute atomic E-state index is 0.0986. The summed E-state index contributed by atoms with van der Waals surface area (Å²) in [6.45, 7) is 5.67. The molecule has 5 nitrogen and oxygen atoms in total. The van der Waals surface area contributed by atoms with Gasteiger partial charge in [-0.25, -0.2) is 4.79 Å². The zero-order valence-corrected chi connectivity index (χ0v) is 18.6. The number of benzene rings is 1. The van der Waals surface area contributed by atoms with Crippen LogP contribution >= 0.6 is 0 Å². The van der Waals surface area contributed by atoms with Crippen LogP contribution in [0.25, 0.3) is 0 Å². The second kappa shape index (κ2) is 9.83. The quantitative estimate of drug-likeness (QED) is 0.569. The number of ether oxygens (including phenoxy) is 2. The zero-order chi connectivity index (χ0) is 23.6. The normalized spacial score (nSPS) is 25.2. The Kier molecular flexibility index (Phi) is 7.55. The maximum atomic E-state index is 13.4. The van der Waals surface area contributed by atoms with E-state index in [2.05, 4.69) is 0 Å². The van der Waals surface area contributed by atoms with Crippen molar-refractivity contribution in [3.63, 3.8) is 0 Å². The molecule has 2 aliphatic rings. The van der Waals surface area contributed by atoms with Crippen molar-refractivity contribution >= 4 is 5.97 Å². The first-order valence-electron chi connectivity index (χ1n) is 11.1. The predicted octanol–water partition coefficient (Wildman–Crippen LogP) is 4.93. The van der Waals surface area contributed by atoms with E-state index in [0.717, 1.165) is 5.56 Å². The molecule has 5 atom stereocenters. The van der Waals surface area contributed by atoms with E-state index in [0.29, 0.717) is 30.6 Å². The number of carbonyl (C=O) groups is 1. The highest BCUT2D eigenvalue weighted by Crippen LogP contribution is 2.39. The fraction of sp³-hybridized carbons (Fsp3) is 0.625. The van der Waals surface area contributed by atoms with Crippen LogP contribution in [0, 0.1) is 24.7 Å². The van der Waals surface area contributed by atoms with E-state index in [4.69, 9.17) is 9.47 Å². The molecule has 0 aliphatic carbocycles. The molecule has 1 saturated heterocycles. The topological polar surface area (TPSA) is 76.0 Å². The summed E-state index contributed by atoms with van der Waals surface area (Å²) in [7, 11) is 0. The highest BCUT2D eigenvalue weighted by atomic mass is 19.4. The SMILES string of the molecule is Cc1c(C(=O)O)ccc2c1O[C@H]1CO[C@H](/C=C/C(O)C(CCC(C)C)C(F)(F)F)[C@H]1CC2. The summed E-state index contributed by atoms with van der Waals surface area (Å²) in [5.41, 5.74) is 1.65. The second-order valence-electron chi connectivity index (χ2n) is 9.18. The van der Waals surface area contributed by atoms with Gasteiger partial charge in [-0.05, 0) is 43.7 Å². The third kappa shape index (κ3) is 5.46. The molecule has 0 radical (unpaired) electrons. The fourth-order valence-corrected chi connectivity index (χ4v) is 4.55. The molecule has 3 rings (SSSR count). The largest absolute Gasteiger partial charge is 0.487 e. The molecule has 1 fully saturated rings. The van der Waals surface area contributed by atoms with E-state index in [-0.39, 0.29) is 36.5 Å². The van der Waals surface area contributed by atoms with Crippen molar-refractivity contribution in [2.45, 2.75) is 70.9 Å². The Balaban J connectivity index is 1.72. The number of carboxylic acids is 1. The molecular formula is C24H31F3O5. The highest BCUT2D eigenvalue weighted by molar-refractivity contribution is 5.90. The Bertz CT molecular complexity index is 849. The van der Waals surface area contributed by atoms with Gasteiger partial charge in [-0.2, -0.15) is 13.2 Å². The third-order valence-electron chi connectivity index (χ3n) is 6.47. The summed E-state index contributed by atoms with van der Waals surface area (Å²) in [5, 5.41) is 19.6. The Hall–Kier alpha value is -2.06. The number of aliphatic hydroxyl groups is 1. The van der Waals surface area contributed by atoms with Gasteiger partial charge in [0.1, 0.15) is 11.9 Å². The molecule has 0 saturated carbocycles. The molecule has 0 aromatic heterocycles. The molecule has 0 spiro atoms. The first-order valence-corrected chi connectivity index (χ1v) is 11.1. The average molecular weight is 457 g/mol. The number of rotatable bonds is 7. The Morgan fingerprint density at radius 2 is 2.00 bits per heavy atom. The number of fused-ring (bicyclic) bond motifs is 2. The van der Waals surface area contributed by atoms with Crippen LogP contribution < -0.4 is 4.74 Å². The minimum Gasteiger partial charge on any atom is -0.487 e. The van der Waals surface area contributed by atoms with Gasteiger partial charge >= 0.3 is 12.1 Å². The zero-order valence-electron chi connectivity index (χ0n) is 18.6. The van der Waals surface area contributed by atoms with E-state index in [1.807, 2.05) is 13.8 Å². The Morgan fingerprint density at radius 3 is 2.62 bits per heavy atom. The number of hydrogen-bond donors (Lipinski definition) is 2. The van der Waals surface area contributed by atoms with Crippen LogP contribution in [0.2, 0.25) is 0 Å². The molecule has 0 amide bonds. The number of aliphatic hydroxyl groups excluding tert-OH is 1. The number of alkyl halides is 3. The first-order chi connectivity index (χ1) is 15.0. The van der Waals surface area contributed by atoms with E-state index in [9.17, 15) is 28.2 Å². The second-order valence-corrected chi connectivity index (χ2v) is 9.18. The highest BCUT2D eigenvalue weighted by Gasteiger charge is 2.44. The van der Waals surface area contributed by atoms with Gasteiger partial charge in [-0.3, -0.25) is 0 Å². The van der Waals surface area contributed by atoms with Gasteiger partial charge in [-0.15, -0.1) is 0 Å². The standard InChI is InChI=1S/C24H31F3O5/c1-13(2)4-9-18(24(25,26)27)19(28)10-11-20-17-8-6-15-5-7-16(23(29)30)14(3)22(15)32-21(17)12-31-20/h5,7,10-11,13,17-21,28H,4,6,8-9,12H2,1-3H3,(H,29,30)/b11-10+/t17-,18?,19?,20-,21+/m1/s1. The number of halogens is 3. The van der Waals surface area contributed by atoms with E-state index in [1.54, 1.807) is 19.1 Å². The maximum absolute atomic E-state index is 13.4. The van der Waals surface area contributed by atoms with E-state index in [1.165, 1.54) is 12.2 Å². The molecule has 8 heteroatoms. The van der Waals surface area contributed by atoms with Crippen LogP contribution in [0.15, 0.2) is 24.3 Å². The van der Waals surface area contributed by atoms with E-state index >= 15 is 0 Å². The van der Waals surface area contributed by atoms with Gasteiger partial charge in [0.15, 0.2) is 0 Å². The predicted molar refractivity (Wildman–Crippen MR) is 113 cm³/mol. The first kappa shape index (κ1) is 24.6. The summed E-state index contributed by atoms with van der Waals surface area (Å²) < 4.78 is 52.2. The van der Waals surface area contributed by atoms with Crippen LogP contribution in [-0.4, -0.2) is 47.3 Å². The molecule has 32 heavy (non-hydrogen) atoms. The van der Waals surface area contributed by atoms with Crippen LogP contribution in [0.4, 0.5) is 13.2 Å². The Morgan fingerprint density at radius 1 is 1.28 bits per heavy atom. The molecule has 2 unspecified atom stereocenters. The van der Waals surface area contributed by atoms with Crippen molar-refractivity contribution in [3.05, 3.63) is 41.0 Å². The summed E-state index contributed by atoms with van der Waals surface area (Å²) in [6, 6.07) is 3.32. The molecule has 0 bridgehead atoms. The third-order valence-corrected chi connectivity index (χ3v) is 6.47. The molecular weight excluding hydrogens is 425 g/mol. The van der Waals surface area contributed by atoms with Gasteiger partial charge in [0, 0.05) is 11.5 Å². The monoisotopic (exact) mass is 456 g/mol. The number of carboxylic acid groups (broad SMARTS) is 1. The van der Waals surface area contributed by atoms with Crippen LogP contribution in [-0.2, 0) is 11.2 Å². The number of aryl methyl sites for hydroxylation is 1. The van der Waals surface area contributed by atoms with Gasteiger partial charge < -0.3 is 19.7 Å². The summed E-state index contributed by atoms with van der Waals surface area (Å²) in [4.78, 5) is 11.4. The lowest BCUT2D eigenvalue weighted by molar-refractivity contribution is -0.196. The summed E-state index contributed by atoms with van der Waals surface area (Å²) in [5.74, 6) is -2.27. The lowest BCUT2D eigenvalue weighted by atomic mass is 9.89. The fourth-order valence-electron chi connectivity index (χ4n) is 4.55. The Labute approximate surface area is 186 Å². The van der Waals surface area contributed by atoms with Gasteiger partial charge in [0.2, 0.25) is 0 Å². The van der Waals surface area contributed by atoms with Crippen LogP contribution in [0.5, 0.6) is 5.75 Å². The van der Waals surface area contributed by atoms with Crippen molar-refractivity contribution in [1.29, 1.82) is 0 Å². The van der Waals surface area contributed by atoms with Crippen LogP contribution in [0.3, 0.4) is 0 Å². The van der Waals surface area contributed by atoms with E-state index < -0.39 is 30.3 Å². The smallest absolute Gasteiger partial charge is 0.394 e. The van der Waals surface area contributed by atoms with Crippen LogP contribution in [0.1, 0.15) is 54.6 Å². The minimum atomic E-state index is -4.48. The van der Waals surface area contributed by atoms with Gasteiger partial charge in [0.25, 0.3) is 0 Å². The lowest BCUT2D eigenvalue weighted by Gasteiger charge is -2.25. The molecule has 2 N–H and O–H groups in total. The molecule has 2 heterocycles. The van der Waals surface area contributed by atoms with Crippen molar-refractivity contribution < 1.29 is 37.7 Å². The van der Waals surface area contributed by atoms with Crippen molar-refractivity contribution in [2.75, 3.05) is 6.61 Å². The summed E-state index contributed by atoms with van der Waals surface area (Å²) in [6.07, 6.45) is -2.61.